The SMILES string of the molecule is CN(Cc1ccc(C(F)(F)F)cc1)c1ncnc2c1c(F)cn2C[C@@H]1CCN(CC(N)=O)C[C@H]1O. The molecule has 1 aliphatic rings. The normalized spacial score (nSPS) is 19.3. The van der Waals surface area contributed by atoms with E-state index in [0.29, 0.717) is 43.1 Å². The number of aromatic nitrogens is 3. The first kappa shape index (κ1) is 24.9. The predicted molar refractivity (Wildman–Crippen MR) is 121 cm³/mol. The van der Waals surface area contributed by atoms with E-state index in [2.05, 4.69) is 9.97 Å². The molecule has 1 aromatic carbocycles. The molecule has 3 N–H and O–H groups in total. The second-order valence-corrected chi connectivity index (χ2v) is 8.89. The first-order valence-electron chi connectivity index (χ1n) is 11.1. The Bertz CT molecular complexity index is 1200. The fourth-order valence-corrected chi connectivity index (χ4v) is 4.51. The van der Waals surface area contributed by atoms with Crippen molar-refractivity contribution in [1.29, 1.82) is 0 Å². The second kappa shape index (κ2) is 9.78. The van der Waals surface area contributed by atoms with E-state index in [9.17, 15) is 23.1 Å². The van der Waals surface area contributed by atoms with Crippen LogP contribution in [0, 0.1) is 11.7 Å². The molecule has 1 amide bonds. The van der Waals surface area contributed by atoms with Crippen LogP contribution in [-0.2, 0) is 24.1 Å². The number of benzene rings is 1. The summed E-state index contributed by atoms with van der Waals surface area (Å²) >= 11 is 0. The molecule has 0 aliphatic carbocycles. The van der Waals surface area contributed by atoms with E-state index in [1.165, 1.54) is 24.7 Å². The highest BCUT2D eigenvalue weighted by Gasteiger charge is 2.31. The Morgan fingerprint density at radius 2 is 1.97 bits per heavy atom. The third-order valence-corrected chi connectivity index (χ3v) is 6.27. The summed E-state index contributed by atoms with van der Waals surface area (Å²) in [6, 6.07) is 4.78. The summed E-state index contributed by atoms with van der Waals surface area (Å²) < 4.78 is 55.1. The van der Waals surface area contributed by atoms with Crippen molar-refractivity contribution in [3.05, 3.63) is 53.7 Å². The van der Waals surface area contributed by atoms with Gasteiger partial charge in [-0.15, -0.1) is 0 Å². The number of alkyl halides is 3. The van der Waals surface area contributed by atoms with E-state index in [1.54, 1.807) is 21.4 Å². The summed E-state index contributed by atoms with van der Waals surface area (Å²) in [6.45, 7) is 1.50. The molecule has 1 aliphatic heterocycles. The number of carbonyl (C=O) groups is 1. The molecule has 12 heteroatoms. The lowest BCUT2D eigenvalue weighted by molar-refractivity contribution is -0.137. The van der Waals surface area contributed by atoms with Gasteiger partial charge < -0.3 is 20.3 Å². The van der Waals surface area contributed by atoms with Crippen LogP contribution in [-0.4, -0.2) is 63.2 Å². The number of likely N-dealkylation sites (tertiary alicyclic amines) is 1. The number of hydrogen-bond donors (Lipinski definition) is 2. The average Bonchev–Trinajstić information content (AvgIpc) is 3.10. The lowest BCUT2D eigenvalue weighted by Crippen LogP contribution is -2.47. The highest BCUT2D eigenvalue weighted by molar-refractivity contribution is 5.88. The van der Waals surface area contributed by atoms with E-state index in [-0.39, 0.29) is 24.4 Å². The minimum absolute atomic E-state index is 0.0761. The third-order valence-electron chi connectivity index (χ3n) is 6.27. The van der Waals surface area contributed by atoms with E-state index in [4.69, 9.17) is 5.73 Å². The van der Waals surface area contributed by atoms with Crippen LogP contribution in [0.2, 0.25) is 0 Å². The molecular formula is C23H26F4N6O2. The highest BCUT2D eigenvalue weighted by atomic mass is 19.4. The minimum Gasteiger partial charge on any atom is -0.391 e. The fourth-order valence-electron chi connectivity index (χ4n) is 4.51. The number of β-amino-alcohol motifs (C(OH)–C–C–N with tert-alkyl or cyclic N) is 1. The van der Waals surface area contributed by atoms with E-state index >= 15 is 4.39 Å². The number of nitrogens with two attached hydrogens (primary N) is 1. The molecule has 0 bridgehead atoms. The van der Waals surface area contributed by atoms with Gasteiger partial charge in [-0.3, -0.25) is 9.69 Å². The number of primary amides is 1. The van der Waals surface area contributed by atoms with Gasteiger partial charge in [0.25, 0.3) is 0 Å². The topological polar surface area (TPSA) is 101 Å². The summed E-state index contributed by atoms with van der Waals surface area (Å²) in [5, 5.41) is 10.8. The number of amides is 1. The van der Waals surface area contributed by atoms with Gasteiger partial charge in [-0.2, -0.15) is 13.2 Å². The first-order chi connectivity index (χ1) is 16.5. The number of hydrogen-bond acceptors (Lipinski definition) is 6. The summed E-state index contributed by atoms with van der Waals surface area (Å²) in [5.74, 6) is -0.852. The summed E-state index contributed by atoms with van der Waals surface area (Å²) in [5.41, 5.74) is 5.46. The standard InChI is InChI=1S/C23H26F4N6O2/c1-31(8-14-2-4-16(5-3-14)23(25,26)27)21-20-17(24)10-33(22(20)30-13-29-21)9-15-6-7-32(11-18(15)34)12-19(28)35/h2-5,10,13,15,18,34H,6-9,11-12H2,1H3,(H2,28,35)/t15-,18+/m0/s1. The van der Waals surface area contributed by atoms with Crippen LogP contribution in [0.15, 0.2) is 36.8 Å². The van der Waals surface area contributed by atoms with E-state index in [1.807, 2.05) is 0 Å². The van der Waals surface area contributed by atoms with E-state index in [0.717, 1.165) is 12.1 Å². The maximum absolute atomic E-state index is 15.0. The molecule has 0 spiro atoms. The van der Waals surface area contributed by atoms with Crippen LogP contribution in [0.3, 0.4) is 0 Å². The Hall–Kier alpha value is -3.25. The van der Waals surface area contributed by atoms with Crippen molar-refractivity contribution < 1.29 is 27.5 Å². The van der Waals surface area contributed by atoms with Gasteiger partial charge in [-0.1, -0.05) is 12.1 Å². The van der Waals surface area contributed by atoms with Crippen molar-refractivity contribution in [2.75, 3.05) is 31.6 Å². The van der Waals surface area contributed by atoms with Crippen LogP contribution in [0.5, 0.6) is 0 Å². The number of halogens is 4. The number of fused-ring (bicyclic) bond motifs is 1. The molecule has 1 saturated heterocycles. The Morgan fingerprint density at radius 1 is 1.26 bits per heavy atom. The van der Waals surface area contributed by atoms with Crippen LogP contribution in [0.4, 0.5) is 23.4 Å². The van der Waals surface area contributed by atoms with Gasteiger partial charge in [0, 0.05) is 38.8 Å². The van der Waals surface area contributed by atoms with Crippen molar-refractivity contribution in [3.63, 3.8) is 0 Å². The van der Waals surface area contributed by atoms with Gasteiger partial charge in [-0.05, 0) is 30.7 Å². The fraction of sp³-hybridized carbons (Fsp3) is 0.435. The minimum atomic E-state index is -4.42. The zero-order valence-electron chi connectivity index (χ0n) is 19.0. The van der Waals surface area contributed by atoms with Gasteiger partial charge in [0.05, 0.1) is 23.6 Å². The lowest BCUT2D eigenvalue weighted by atomic mass is 9.93. The van der Waals surface area contributed by atoms with Crippen LogP contribution >= 0.6 is 0 Å². The summed E-state index contributed by atoms with van der Waals surface area (Å²) in [7, 11) is 1.68. The first-order valence-corrected chi connectivity index (χ1v) is 11.1. The van der Waals surface area contributed by atoms with E-state index < -0.39 is 29.6 Å². The molecule has 3 aromatic rings. The Labute approximate surface area is 199 Å². The van der Waals surface area contributed by atoms with Crippen molar-refractivity contribution in [2.24, 2.45) is 11.7 Å². The molecule has 1 fully saturated rings. The smallest absolute Gasteiger partial charge is 0.391 e. The molecule has 2 atom stereocenters. The van der Waals surface area contributed by atoms with Crippen LogP contribution < -0.4 is 10.6 Å². The van der Waals surface area contributed by atoms with Gasteiger partial charge in [0.15, 0.2) is 5.82 Å². The van der Waals surface area contributed by atoms with Gasteiger partial charge in [-0.25, -0.2) is 14.4 Å². The number of nitrogens with zero attached hydrogens (tertiary/aromatic N) is 5. The van der Waals surface area contributed by atoms with Crippen molar-refractivity contribution in [3.8, 4) is 0 Å². The number of aliphatic hydroxyl groups excluding tert-OH is 1. The Kier molecular flexibility index (Phi) is 6.95. The highest BCUT2D eigenvalue weighted by Crippen LogP contribution is 2.31. The number of rotatable bonds is 7. The largest absolute Gasteiger partial charge is 0.416 e. The number of anilines is 1. The number of carbonyl (C=O) groups excluding carboxylic acids is 1. The average molecular weight is 494 g/mol. The molecule has 0 saturated carbocycles. The quantitative estimate of drug-likeness (QED) is 0.490. The molecule has 35 heavy (non-hydrogen) atoms. The van der Waals surface area contributed by atoms with Crippen molar-refractivity contribution in [1.82, 2.24) is 19.4 Å². The van der Waals surface area contributed by atoms with Gasteiger partial charge in [0.1, 0.15) is 17.8 Å². The third kappa shape index (κ3) is 5.54. The summed E-state index contributed by atoms with van der Waals surface area (Å²) in [4.78, 5) is 23.0. The van der Waals surface area contributed by atoms with Crippen LogP contribution in [0.25, 0.3) is 11.0 Å². The van der Waals surface area contributed by atoms with Crippen LogP contribution in [0.1, 0.15) is 17.5 Å². The molecule has 4 rings (SSSR count). The zero-order valence-corrected chi connectivity index (χ0v) is 19.0. The molecule has 0 unspecified atom stereocenters. The molecule has 2 aromatic heterocycles. The molecule has 3 heterocycles. The summed E-state index contributed by atoms with van der Waals surface area (Å²) in [6.07, 6.45) is -1.91. The number of aliphatic hydroxyl groups is 1. The molecular weight excluding hydrogens is 468 g/mol. The molecule has 8 nitrogen and oxygen atoms in total. The molecule has 188 valence electrons. The zero-order chi connectivity index (χ0) is 25.3. The second-order valence-electron chi connectivity index (χ2n) is 8.89. The predicted octanol–water partition coefficient (Wildman–Crippen LogP) is 2.39. The Morgan fingerprint density at radius 3 is 2.60 bits per heavy atom. The lowest BCUT2D eigenvalue weighted by Gasteiger charge is -2.35. The number of piperidine rings is 1. The monoisotopic (exact) mass is 494 g/mol. The van der Waals surface area contributed by atoms with Gasteiger partial charge in [0.2, 0.25) is 5.91 Å². The Balaban J connectivity index is 1.52. The van der Waals surface area contributed by atoms with Gasteiger partial charge >= 0.3 is 6.18 Å². The molecule has 0 radical (unpaired) electrons. The maximum atomic E-state index is 15.0. The maximum Gasteiger partial charge on any atom is 0.416 e. The van der Waals surface area contributed by atoms with Crippen molar-refractivity contribution in [2.45, 2.75) is 31.8 Å². The van der Waals surface area contributed by atoms with Crippen molar-refractivity contribution >= 4 is 22.8 Å².